The summed E-state index contributed by atoms with van der Waals surface area (Å²) in [5.74, 6) is -5.91. The van der Waals surface area contributed by atoms with Gasteiger partial charge in [-0.05, 0) is 31.5 Å². The first-order chi connectivity index (χ1) is 10.4. The number of nitrogens with one attached hydrogen (secondary N) is 1. The fourth-order valence-corrected chi connectivity index (χ4v) is 1.38. The van der Waals surface area contributed by atoms with Gasteiger partial charge in [-0.2, -0.15) is 35.8 Å². The van der Waals surface area contributed by atoms with Crippen LogP contribution in [0.25, 0.3) is 0 Å². The first-order valence-corrected chi connectivity index (χ1v) is 6.26. The van der Waals surface area contributed by atoms with Gasteiger partial charge in [0.1, 0.15) is 5.75 Å². The molecule has 0 unspecified atom stereocenters. The molecule has 0 aliphatic heterocycles. The number of alkyl halides is 7. The van der Waals surface area contributed by atoms with Crippen molar-refractivity contribution in [3.63, 3.8) is 0 Å². The molecule has 0 heterocycles. The van der Waals surface area contributed by atoms with Gasteiger partial charge in [0.15, 0.2) is 0 Å². The second kappa shape index (κ2) is 6.63. The lowest BCUT2D eigenvalue weighted by atomic mass is 10.2. The maximum Gasteiger partial charge on any atom is 0.462 e. The van der Waals surface area contributed by atoms with Crippen molar-refractivity contribution >= 4 is 6.21 Å². The molecule has 1 N–H and O–H groups in total. The molecule has 0 saturated carbocycles. The van der Waals surface area contributed by atoms with Gasteiger partial charge in [-0.15, -0.1) is 0 Å². The molecule has 1 aromatic rings. The third-order valence-corrected chi connectivity index (χ3v) is 2.40. The van der Waals surface area contributed by atoms with Crippen molar-refractivity contribution in [2.24, 2.45) is 5.10 Å². The zero-order valence-corrected chi connectivity index (χ0v) is 12.0. The Hall–Kier alpha value is -2.00. The van der Waals surface area contributed by atoms with Crippen LogP contribution in [-0.4, -0.2) is 30.5 Å². The molecule has 10 heteroatoms. The van der Waals surface area contributed by atoms with Crippen molar-refractivity contribution < 1.29 is 35.5 Å². The van der Waals surface area contributed by atoms with Gasteiger partial charge in [0.25, 0.3) is 0 Å². The Morgan fingerprint density at radius 2 is 1.70 bits per heavy atom. The second-order valence-electron chi connectivity index (χ2n) is 4.76. The summed E-state index contributed by atoms with van der Waals surface area (Å²) in [6.45, 7) is 3.48. The minimum atomic E-state index is -6.41. The summed E-state index contributed by atoms with van der Waals surface area (Å²) in [4.78, 5) is 0. The summed E-state index contributed by atoms with van der Waals surface area (Å²) in [6.07, 6.45) is -5.91. The average Bonchev–Trinajstić information content (AvgIpc) is 2.36. The van der Waals surface area contributed by atoms with Crippen molar-refractivity contribution in [1.29, 1.82) is 0 Å². The molecule has 0 spiro atoms. The highest BCUT2D eigenvalue weighted by Gasteiger charge is 2.73. The molecule has 0 aromatic heterocycles. The Kier molecular flexibility index (Phi) is 5.49. The van der Waals surface area contributed by atoms with Gasteiger partial charge in [0.2, 0.25) is 0 Å². The van der Waals surface area contributed by atoms with Crippen LogP contribution in [0.3, 0.4) is 0 Å². The van der Waals surface area contributed by atoms with Gasteiger partial charge in [0.05, 0.1) is 12.3 Å². The van der Waals surface area contributed by atoms with Crippen molar-refractivity contribution in [3.05, 3.63) is 29.8 Å². The van der Waals surface area contributed by atoms with E-state index in [1.54, 1.807) is 19.9 Å². The first-order valence-electron chi connectivity index (χ1n) is 6.26. The van der Waals surface area contributed by atoms with Crippen molar-refractivity contribution in [1.82, 2.24) is 5.43 Å². The summed E-state index contributed by atoms with van der Waals surface area (Å²) in [5.41, 5.74) is 0.708. The second-order valence-corrected chi connectivity index (χ2v) is 4.76. The number of hydrogen-bond acceptors (Lipinski definition) is 3. The Labute approximate surface area is 127 Å². The van der Waals surface area contributed by atoms with E-state index in [1.807, 2.05) is 0 Å². The highest BCUT2D eigenvalue weighted by atomic mass is 19.4. The van der Waals surface area contributed by atoms with Gasteiger partial charge >= 0.3 is 18.1 Å². The van der Waals surface area contributed by atoms with Gasteiger partial charge in [0, 0.05) is 0 Å². The smallest absolute Gasteiger partial charge is 0.462 e. The normalized spacial score (nSPS) is 13.7. The van der Waals surface area contributed by atoms with Gasteiger partial charge in [-0.25, -0.2) is 5.43 Å². The van der Waals surface area contributed by atoms with E-state index in [1.165, 1.54) is 18.2 Å². The van der Waals surface area contributed by atoms with E-state index in [0.29, 0.717) is 17.4 Å². The van der Waals surface area contributed by atoms with Gasteiger partial charge in [-0.1, -0.05) is 12.1 Å². The monoisotopic (exact) mass is 346 g/mol. The third-order valence-electron chi connectivity index (χ3n) is 2.40. The van der Waals surface area contributed by atoms with Crippen LogP contribution in [0.2, 0.25) is 0 Å². The number of rotatable bonds is 6. The summed E-state index contributed by atoms with van der Waals surface area (Å²) in [6, 6.07) is 0.163. The predicted molar refractivity (Wildman–Crippen MR) is 68.9 cm³/mol. The maximum atomic E-state index is 12.9. The number of hydrogen-bond donors (Lipinski definition) is 1. The Bertz CT molecular complexity index is 555. The number of hydrazone groups is 1. The van der Waals surface area contributed by atoms with Crippen LogP contribution in [0, 0.1) is 0 Å². The fraction of sp³-hybridized carbons (Fsp3) is 0.462. The lowest BCUT2D eigenvalue weighted by Crippen LogP contribution is -2.58. The van der Waals surface area contributed by atoms with E-state index in [0.717, 1.165) is 0 Å². The van der Waals surface area contributed by atoms with Crippen molar-refractivity contribution in [2.45, 2.75) is 38.1 Å². The molecule has 0 radical (unpaired) electrons. The molecule has 0 aliphatic carbocycles. The molecular formula is C13H13F7N2O. The van der Waals surface area contributed by atoms with E-state index in [4.69, 9.17) is 4.74 Å². The SMILES string of the molecule is CC(C)Oc1cccc(/C=N\NC(F)(F)C(F)(F)C(F)(F)F)c1. The molecule has 0 saturated heterocycles. The highest BCUT2D eigenvalue weighted by Crippen LogP contribution is 2.44. The molecule has 23 heavy (non-hydrogen) atoms. The van der Waals surface area contributed by atoms with E-state index in [2.05, 4.69) is 5.10 Å². The predicted octanol–water partition coefficient (Wildman–Crippen LogP) is 4.19. The molecule has 0 aliphatic rings. The van der Waals surface area contributed by atoms with Crippen LogP contribution in [0.4, 0.5) is 30.7 Å². The van der Waals surface area contributed by atoms with Crippen molar-refractivity contribution in [2.75, 3.05) is 0 Å². The molecule has 0 fully saturated rings. The largest absolute Gasteiger partial charge is 0.491 e. The number of nitrogens with zero attached hydrogens (tertiary/aromatic N) is 1. The van der Waals surface area contributed by atoms with Crippen molar-refractivity contribution in [3.8, 4) is 5.75 Å². The topological polar surface area (TPSA) is 33.6 Å². The quantitative estimate of drug-likeness (QED) is 0.363. The summed E-state index contributed by atoms with van der Waals surface area (Å²) in [5, 5.41) is 2.75. The molecule has 130 valence electrons. The molecule has 1 aromatic carbocycles. The van der Waals surface area contributed by atoms with Crippen LogP contribution in [-0.2, 0) is 0 Å². The molecule has 3 nitrogen and oxygen atoms in total. The molecule has 0 atom stereocenters. The molecule has 1 rings (SSSR count). The third kappa shape index (κ3) is 4.73. The standard InChI is InChI=1S/C13H13F7N2O/c1-8(2)23-10-5-3-4-9(6-10)7-21-22-13(19,20)11(14,15)12(16,17)18/h3-8,22H,1-2H3/b21-7-. The minimum absolute atomic E-state index is 0.168. The van der Waals surface area contributed by atoms with Crippen LogP contribution >= 0.6 is 0 Å². The lowest BCUT2D eigenvalue weighted by molar-refractivity contribution is -0.361. The van der Waals surface area contributed by atoms with Crippen LogP contribution in [0.1, 0.15) is 19.4 Å². The molecular weight excluding hydrogens is 333 g/mol. The average molecular weight is 346 g/mol. The Balaban J connectivity index is 2.83. The Morgan fingerprint density at radius 1 is 1.09 bits per heavy atom. The zero-order valence-electron chi connectivity index (χ0n) is 12.0. The van der Waals surface area contributed by atoms with Crippen LogP contribution in [0.5, 0.6) is 5.75 Å². The summed E-state index contributed by atoms with van der Waals surface area (Å²) in [7, 11) is 0. The van der Waals surface area contributed by atoms with Crippen LogP contribution < -0.4 is 10.2 Å². The highest BCUT2D eigenvalue weighted by molar-refractivity contribution is 5.79. The first kappa shape index (κ1) is 19.0. The molecule has 0 amide bonds. The summed E-state index contributed by atoms with van der Waals surface area (Å²) >= 11 is 0. The van der Waals surface area contributed by atoms with Crippen LogP contribution in [0.15, 0.2) is 29.4 Å². The van der Waals surface area contributed by atoms with E-state index < -0.39 is 18.1 Å². The zero-order chi connectivity index (χ0) is 17.9. The van der Waals surface area contributed by atoms with E-state index in [-0.39, 0.29) is 11.7 Å². The number of halogens is 7. The summed E-state index contributed by atoms with van der Waals surface area (Å²) < 4.78 is 92.1. The van der Waals surface area contributed by atoms with E-state index >= 15 is 0 Å². The molecule has 0 bridgehead atoms. The number of ether oxygens (including phenoxy) is 1. The number of benzene rings is 1. The van der Waals surface area contributed by atoms with Gasteiger partial charge < -0.3 is 4.74 Å². The minimum Gasteiger partial charge on any atom is -0.491 e. The Morgan fingerprint density at radius 3 is 2.22 bits per heavy atom. The lowest BCUT2D eigenvalue weighted by Gasteiger charge is -2.27. The maximum absolute atomic E-state index is 12.9. The fourth-order valence-electron chi connectivity index (χ4n) is 1.38. The van der Waals surface area contributed by atoms with E-state index in [9.17, 15) is 30.7 Å². The van der Waals surface area contributed by atoms with Gasteiger partial charge in [-0.3, -0.25) is 0 Å².